The maximum atomic E-state index is 13.7. The Morgan fingerprint density at radius 1 is 1.19 bits per heavy atom. The highest BCUT2D eigenvalue weighted by Gasteiger charge is 2.39. The number of likely N-dealkylation sites (tertiary alicyclic amines) is 1. The zero-order valence-corrected chi connectivity index (χ0v) is 24.2. The maximum absolute atomic E-state index is 13.7. The van der Waals surface area contributed by atoms with Gasteiger partial charge in [0.25, 0.3) is 0 Å². The van der Waals surface area contributed by atoms with Crippen molar-refractivity contribution in [2.24, 2.45) is 9.94 Å². The molecule has 37 heavy (non-hydrogen) atoms. The molecular weight excluding hydrogens is 534 g/mol. The Morgan fingerprint density at radius 2 is 1.86 bits per heavy atom. The molecule has 0 spiro atoms. The number of halogens is 1. The molecule has 1 fully saturated rings. The average molecular weight is 573 g/mol. The topological polar surface area (TPSA) is 82.4 Å². The molecule has 1 N–H and O–H groups in total. The summed E-state index contributed by atoms with van der Waals surface area (Å²) in [5, 5.41) is 9.20. The third-order valence-corrected chi connectivity index (χ3v) is 7.15. The molecule has 0 saturated carbocycles. The van der Waals surface area contributed by atoms with Crippen LogP contribution in [-0.4, -0.2) is 61.4 Å². The summed E-state index contributed by atoms with van der Waals surface area (Å²) in [6, 6.07) is 14.0. The van der Waals surface area contributed by atoms with E-state index in [9.17, 15) is 14.7 Å². The number of ketones is 1. The quantitative estimate of drug-likeness (QED) is 0.356. The SMILES string of the molecule is CCC[C@H]1CN(CC(=O)c2cc(N(C)C)c(OCC(=O)O)c(C(C)(C)C)c2)/C(=N\Br)[C@@H]1c1ccccc1. The number of carboxylic acids is 1. The van der Waals surface area contributed by atoms with Gasteiger partial charge in [0.2, 0.25) is 0 Å². The zero-order valence-electron chi connectivity index (χ0n) is 22.6. The predicted octanol–water partition coefficient (Wildman–Crippen LogP) is 5.92. The van der Waals surface area contributed by atoms with E-state index in [1.807, 2.05) is 64.0 Å². The average Bonchev–Trinajstić information content (AvgIpc) is 3.18. The Bertz CT molecular complexity index is 1140. The van der Waals surface area contributed by atoms with Gasteiger partial charge in [0.15, 0.2) is 12.4 Å². The van der Waals surface area contributed by atoms with E-state index in [2.05, 4.69) is 44.1 Å². The number of rotatable bonds is 10. The first kappa shape index (κ1) is 28.7. The third kappa shape index (κ3) is 6.72. The fraction of sp³-hybridized carbons (Fsp3) is 0.483. The second-order valence-corrected chi connectivity index (χ2v) is 11.2. The number of anilines is 1. The number of ether oxygens (including phenoxy) is 1. The van der Waals surface area contributed by atoms with Gasteiger partial charge in [-0.2, -0.15) is 4.02 Å². The summed E-state index contributed by atoms with van der Waals surface area (Å²) in [7, 11) is 3.72. The minimum absolute atomic E-state index is 0.0176. The minimum Gasteiger partial charge on any atom is -0.479 e. The largest absolute Gasteiger partial charge is 0.479 e. The van der Waals surface area contributed by atoms with E-state index in [1.54, 1.807) is 6.07 Å². The number of carbonyl (C=O) groups excluding carboxylic acids is 1. The molecule has 0 bridgehead atoms. The van der Waals surface area contributed by atoms with Crippen LogP contribution in [0.25, 0.3) is 0 Å². The zero-order chi connectivity index (χ0) is 27.3. The molecule has 1 aliphatic rings. The Kier molecular flexibility index (Phi) is 9.40. The Morgan fingerprint density at radius 3 is 2.41 bits per heavy atom. The van der Waals surface area contributed by atoms with Crippen LogP contribution in [0.3, 0.4) is 0 Å². The van der Waals surface area contributed by atoms with Crippen molar-refractivity contribution in [2.45, 2.75) is 51.9 Å². The second-order valence-electron chi connectivity index (χ2n) is 10.9. The summed E-state index contributed by atoms with van der Waals surface area (Å²) >= 11 is 3.35. The lowest BCUT2D eigenvalue weighted by atomic mass is 9.84. The second kappa shape index (κ2) is 12.1. The van der Waals surface area contributed by atoms with Crippen molar-refractivity contribution in [2.75, 3.05) is 38.7 Å². The van der Waals surface area contributed by atoms with Crippen LogP contribution in [0.15, 0.2) is 46.5 Å². The molecule has 1 heterocycles. The third-order valence-electron chi connectivity index (χ3n) is 6.79. The molecule has 8 heteroatoms. The number of aliphatic carboxylic acids is 1. The smallest absolute Gasteiger partial charge is 0.341 e. The van der Waals surface area contributed by atoms with Crippen LogP contribution in [0.1, 0.15) is 67.9 Å². The minimum atomic E-state index is -1.05. The van der Waals surface area contributed by atoms with Crippen LogP contribution in [0.4, 0.5) is 5.69 Å². The van der Waals surface area contributed by atoms with Crippen molar-refractivity contribution in [1.29, 1.82) is 0 Å². The van der Waals surface area contributed by atoms with Gasteiger partial charge in [0.05, 0.1) is 28.4 Å². The van der Waals surface area contributed by atoms with Gasteiger partial charge in [-0.05, 0) is 35.4 Å². The van der Waals surface area contributed by atoms with E-state index in [0.29, 0.717) is 22.9 Å². The highest BCUT2D eigenvalue weighted by Crippen LogP contribution is 2.41. The van der Waals surface area contributed by atoms with Gasteiger partial charge in [-0.1, -0.05) is 64.4 Å². The Balaban J connectivity index is 1.98. The number of hydrogen-bond acceptors (Lipinski definition) is 5. The first-order chi connectivity index (χ1) is 17.5. The molecule has 200 valence electrons. The summed E-state index contributed by atoms with van der Waals surface area (Å²) in [5.74, 6) is 0.801. The van der Waals surface area contributed by atoms with Crippen molar-refractivity contribution >= 4 is 39.4 Å². The van der Waals surface area contributed by atoms with Crippen molar-refractivity contribution in [3.8, 4) is 5.75 Å². The molecule has 3 rings (SSSR count). The summed E-state index contributed by atoms with van der Waals surface area (Å²) in [4.78, 5) is 28.9. The Labute approximate surface area is 228 Å². The number of hydrogen-bond donors (Lipinski definition) is 1. The van der Waals surface area contributed by atoms with Gasteiger partial charge in [0.1, 0.15) is 11.6 Å². The predicted molar refractivity (Wildman–Crippen MR) is 152 cm³/mol. The molecule has 2 atom stereocenters. The highest BCUT2D eigenvalue weighted by molar-refractivity contribution is 9.08. The normalized spacial score (nSPS) is 18.8. The molecule has 0 radical (unpaired) electrons. The number of benzene rings is 2. The van der Waals surface area contributed by atoms with Crippen molar-refractivity contribution < 1.29 is 19.4 Å². The van der Waals surface area contributed by atoms with Crippen LogP contribution >= 0.6 is 16.1 Å². The molecule has 1 aliphatic heterocycles. The lowest BCUT2D eigenvalue weighted by Crippen LogP contribution is -2.32. The summed E-state index contributed by atoms with van der Waals surface area (Å²) in [6.45, 7) is 8.79. The lowest BCUT2D eigenvalue weighted by molar-refractivity contribution is -0.139. The lowest BCUT2D eigenvalue weighted by Gasteiger charge is -2.28. The Hall–Kier alpha value is -2.87. The van der Waals surface area contributed by atoms with E-state index in [0.717, 1.165) is 30.8 Å². The molecule has 2 aromatic rings. The number of carboxylic acid groups (broad SMARTS) is 1. The summed E-state index contributed by atoms with van der Waals surface area (Å²) in [5.41, 5.74) is 2.89. The van der Waals surface area contributed by atoms with E-state index >= 15 is 0 Å². The van der Waals surface area contributed by atoms with E-state index < -0.39 is 12.6 Å². The molecule has 7 nitrogen and oxygen atoms in total. The molecule has 0 aromatic heterocycles. The van der Waals surface area contributed by atoms with Gasteiger partial charge >= 0.3 is 5.97 Å². The highest BCUT2D eigenvalue weighted by atomic mass is 79.9. The van der Waals surface area contributed by atoms with Crippen molar-refractivity contribution in [3.05, 3.63) is 59.2 Å². The number of Topliss-reactive ketones (excluding diaryl/α,β-unsaturated/α-hetero) is 1. The molecule has 0 unspecified atom stereocenters. The monoisotopic (exact) mass is 571 g/mol. The summed E-state index contributed by atoms with van der Waals surface area (Å²) < 4.78 is 10.2. The maximum Gasteiger partial charge on any atom is 0.341 e. The van der Waals surface area contributed by atoms with E-state index in [4.69, 9.17) is 4.74 Å². The van der Waals surface area contributed by atoms with Crippen LogP contribution in [-0.2, 0) is 10.2 Å². The molecular formula is C29H38BrN3O4. The van der Waals surface area contributed by atoms with E-state index in [1.165, 1.54) is 5.56 Å². The fourth-order valence-electron chi connectivity index (χ4n) is 5.07. The van der Waals surface area contributed by atoms with Gasteiger partial charge < -0.3 is 19.6 Å². The van der Waals surface area contributed by atoms with Gasteiger partial charge in [-0.3, -0.25) is 4.79 Å². The molecule has 0 amide bonds. The molecule has 0 aliphatic carbocycles. The number of nitrogens with zero attached hydrogens (tertiary/aromatic N) is 3. The van der Waals surface area contributed by atoms with Crippen LogP contribution in [0, 0.1) is 5.92 Å². The van der Waals surface area contributed by atoms with Gasteiger partial charge in [0, 0.05) is 37.7 Å². The van der Waals surface area contributed by atoms with Crippen LogP contribution < -0.4 is 9.64 Å². The van der Waals surface area contributed by atoms with Gasteiger partial charge in [-0.25, -0.2) is 4.79 Å². The van der Waals surface area contributed by atoms with Crippen LogP contribution in [0.2, 0.25) is 0 Å². The van der Waals surface area contributed by atoms with Crippen LogP contribution in [0.5, 0.6) is 5.75 Å². The standard InChI is InChI=1S/C29H38BrN3O4/c1-7-11-20-16-33(28(31-30)26(20)19-12-9-8-10-13-19)17-24(34)21-14-22(29(2,3)4)27(37-18-25(35)36)23(15-21)32(5)6/h8-10,12-15,20,26H,7,11,16-18H2,1-6H3,(H,35,36)/b31-28-/t20-,26+/m0/s1. The van der Waals surface area contributed by atoms with Crippen molar-refractivity contribution in [1.82, 2.24) is 4.90 Å². The first-order valence-corrected chi connectivity index (χ1v) is 13.4. The fourth-order valence-corrected chi connectivity index (χ4v) is 5.51. The number of carbonyl (C=O) groups is 2. The summed E-state index contributed by atoms with van der Waals surface area (Å²) in [6.07, 6.45) is 2.11. The molecule has 1 saturated heterocycles. The van der Waals surface area contributed by atoms with Crippen molar-refractivity contribution in [3.63, 3.8) is 0 Å². The first-order valence-electron chi connectivity index (χ1n) is 12.7. The van der Waals surface area contributed by atoms with E-state index in [-0.39, 0.29) is 23.7 Å². The van der Waals surface area contributed by atoms with Gasteiger partial charge in [-0.15, -0.1) is 0 Å². The molecule has 2 aromatic carbocycles. The number of amidine groups is 1.